The Bertz CT molecular complexity index is 595. The average Bonchev–Trinajstić information content (AvgIpc) is 2.48. The molecule has 1 aromatic carbocycles. The largest absolute Gasteiger partial charge is 0.467 e. The van der Waals surface area contributed by atoms with Crippen molar-refractivity contribution in [2.45, 2.75) is 0 Å². The monoisotopic (exact) mass is 353 g/mol. The lowest BCUT2D eigenvalue weighted by atomic mass is 10.1. The standard InChI is InChI=1S/C14H16BrN3O3/c1-19-6-7-20-9-21-13-3-2-10(15)8-11(13)12-4-5-17-14(16)18-12/h2-5,8H,6-7,9H2,1H3,(H2,16,17,18). The first-order valence-electron chi connectivity index (χ1n) is 6.28. The van der Waals surface area contributed by atoms with E-state index in [1.54, 1.807) is 19.4 Å². The number of halogens is 1. The molecule has 7 heteroatoms. The highest BCUT2D eigenvalue weighted by molar-refractivity contribution is 9.10. The highest BCUT2D eigenvalue weighted by atomic mass is 79.9. The molecule has 0 bridgehead atoms. The SMILES string of the molecule is COCCOCOc1ccc(Br)cc1-c1ccnc(N)n1. The van der Waals surface area contributed by atoms with Gasteiger partial charge in [0.25, 0.3) is 0 Å². The second-order valence-electron chi connectivity index (χ2n) is 4.10. The van der Waals surface area contributed by atoms with Crippen molar-refractivity contribution in [1.82, 2.24) is 9.97 Å². The molecular formula is C14H16BrN3O3. The Balaban J connectivity index is 2.14. The predicted molar refractivity (Wildman–Crippen MR) is 82.9 cm³/mol. The van der Waals surface area contributed by atoms with Crippen molar-refractivity contribution in [2.75, 3.05) is 32.9 Å². The van der Waals surface area contributed by atoms with Crippen molar-refractivity contribution in [3.05, 3.63) is 34.9 Å². The minimum atomic E-state index is 0.137. The fourth-order valence-corrected chi connectivity index (χ4v) is 2.02. The molecule has 2 aromatic rings. The molecule has 2 N–H and O–H groups in total. The van der Waals surface area contributed by atoms with Crippen LogP contribution in [0.3, 0.4) is 0 Å². The molecule has 112 valence electrons. The third-order valence-electron chi connectivity index (χ3n) is 2.62. The minimum absolute atomic E-state index is 0.137. The third-order valence-corrected chi connectivity index (χ3v) is 3.11. The summed E-state index contributed by atoms with van der Waals surface area (Å²) in [6.45, 7) is 1.14. The van der Waals surface area contributed by atoms with Crippen LogP contribution in [-0.2, 0) is 9.47 Å². The van der Waals surface area contributed by atoms with Crippen molar-refractivity contribution in [3.63, 3.8) is 0 Å². The Morgan fingerprint density at radius 3 is 2.86 bits per heavy atom. The molecule has 2 rings (SSSR count). The average molecular weight is 354 g/mol. The number of methoxy groups -OCH3 is 1. The van der Waals surface area contributed by atoms with E-state index in [1.165, 1.54) is 0 Å². The van der Waals surface area contributed by atoms with Gasteiger partial charge < -0.3 is 19.9 Å². The fraction of sp³-hybridized carbons (Fsp3) is 0.286. The summed E-state index contributed by atoms with van der Waals surface area (Å²) in [7, 11) is 1.62. The van der Waals surface area contributed by atoms with Gasteiger partial charge in [-0.25, -0.2) is 9.97 Å². The number of rotatable bonds is 7. The lowest BCUT2D eigenvalue weighted by Gasteiger charge is -2.12. The molecule has 0 aliphatic carbocycles. The van der Waals surface area contributed by atoms with Gasteiger partial charge in [0.2, 0.25) is 5.95 Å². The van der Waals surface area contributed by atoms with E-state index >= 15 is 0 Å². The second kappa shape index (κ2) is 7.92. The van der Waals surface area contributed by atoms with E-state index in [0.29, 0.717) is 24.7 Å². The Morgan fingerprint density at radius 1 is 1.24 bits per heavy atom. The van der Waals surface area contributed by atoms with Crippen LogP contribution in [0, 0.1) is 0 Å². The van der Waals surface area contributed by atoms with Crippen LogP contribution in [0.15, 0.2) is 34.9 Å². The summed E-state index contributed by atoms with van der Waals surface area (Å²) in [6.07, 6.45) is 1.61. The van der Waals surface area contributed by atoms with Gasteiger partial charge in [-0.2, -0.15) is 0 Å². The van der Waals surface area contributed by atoms with E-state index in [-0.39, 0.29) is 12.7 Å². The maximum absolute atomic E-state index is 5.63. The Kier molecular flexibility index (Phi) is 5.91. The molecule has 1 aromatic heterocycles. The van der Waals surface area contributed by atoms with Crippen LogP contribution < -0.4 is 10.5 Å². The zero-order valence-corrected chi connectivity index (χ0v) is 13.2. The van der Waals surface area contributed by atoms with Gasteiger partial charge in [-0.1, -0.05) is 15.9 Å². The number of hydrogen-bond acceptors (Lipinski definition) is 6. The van der Waals surface area contributed by atoms with Crippen LogP contribution in [0.2, 0.25) is 0 Å². The van der Waals surface area contributed by atoms with E-state index in [4.69, 9.17) is 19.9 Å². The number of benzene rings is 1. The highest BCUT2D eigenvalue weighted by Crippen LogP contribution is 2.31. The molecule has 0 aliphatic rings. The summed E-state index contributed by atoms with van der Waals surface area (Å²) in [5.41, 5.74) is 7.13. The third kappa shape index (κ3) is 4.66. The predicted octanol–water partition coefficient (Wildman–Crippen LogP) is 2.49. The van der Waals surface area contributed by atoms with Crippen LogP contribution in [0.1, 0.15) is 0 Å². The highest BCUT2D eigenvalue weighted by Gasteiger charge is 2.09. The van der Waals surface area contributed by atoms with Crippen LogP contribution in [0.5, 0.6) is 5.75 Å². The van der Waals surface area contributed by atoms with E-state index in [1.807, 2.05) is 18.2 Å². The lowest BCUT2D eigenvalue weighted by molar-refractivity contribution is -0.00823. The molecule has 0 aliphatic heterocycles. The van der Waals surface area contributed by atoms with E-state index in [0.717, 1.165) is 10.0 Å². The number of nitrogens with zero attached hydrogens (tertiary/aromatic N) is 2. The van der Waals surface area contributed by atoms with Crippen LogP contribution >= 0.6 is 15.9 Å². The first-order chi connectivity index (χ1) is 10.2. The smallest absolute Gasteiger partial charge is 0.220 e. The Morgan fingerprint density at radius 2 is 2.10 bits per heavy atom. The molecule has 6 nitrogen and oxygen atoms in total. The topological polar surface area (TPSA) is 79.5 Å². The van der Waals surface area contributed by atoms with Crippen LogP contribution in [0.4, 0.5) is 5.95 Å². The molecule has 0 fully saturated rings. The first-order valence-corrected chi connectivity index (χ1v) is 7.08. The molecule has 1 heterocycles. The fourth-order valence-electron chi connectivity index (χ4n) is 1.66. The van der Waals surface area contributed by atoms with Crippen molar-refractivity contribution in [3.8, 4) is 17.0 Å². The summed E-state index contributed by atoms with van der Waals surface area (Å²) in [5, 5.41) is 0. The first kappa shape index (κ1) is 15.7. The zero-order chi connectivity index (χ0) is 15.1. The molecule has 0 atom stereocenters. The Labute approximate surface area is 131 Å². The van der Waals surface area contributed by atoms with Gasteiger partial charge in [0.05, 0.1) is 18.9 Å². The molecule has 21 heavy (non-hydrogen) atoms. The lowest BCUT2D eigenvalue weighted by Crippen LogP contribution is -2.08. The van der Waals surface area contributed by atoms with Gasteiger partial charge in [-0.15, -0.1) is 0 Å². The van der Waals surface area contributed by atoms with Crippen molar-refractivity contribution < 1.29 is 14.2 Å². The minimum Gasteiger partial charge on any atom is -0.467 e. The summed E-state index contributed by atoms with van der Waals surface area (Å²) in [6, 6.07) is 7.42. The van der Waals surface area contributed by atoms with Crippen molar-refractivity contribution in [2.24, 2.45) is 0 Å². The molecule has 0 saturated carbocycles. The summed E-state index contributed by atoms with van der Waals surface area (Å²) >= 11 is 3.44. The van der Waals surface area contributed by atoms with Gasteiger partial charge in [0, 0.05) is 23.3 Å². The normalized spacial score (nSPS) is 10.6. The molecule has 0 unspecified atom stereocenters. The Hall–Kier alpha value is -1.70. The zero-order valence-electron chi connectivity index (χ0n) is 11.6. The number of aromatic nitrogens is 2. The summed E-state index contributed by atoms with van der Waals surface area (Å²) in [4.78, 5) is 8.10. The summed E-state index contributed by atoms with van der Waals surface area (Å²) < 4.78 is 16.8. The van der Waals surface area contributed by atoms with Crippen molar-refractivity contribution >= 4 is 21.9 Å². The van der Waals surface area contributed by atoms with Gasteiger partial charge in [-0.05, 0) is 24.3 Å². The van der Waals surface area contributed by atoms with Crippen LogP contribution in [-0.4, -0.2) is 37.1 Å². The maximum atomic E-state index is 5.63. The number of hydrogen-bond donors (Lipinski definition) is 1. The second-order valence-corrected chi connectivity index (χ2v) is 5.02. The van der Waals surface area contributed by atoms with E-state index in [2.05, 4.69) is 25.9 Å². The number of nitrogen functional groups attached to an aromatic ring is 1. The quantitative estimate of drug-likeness (QED) is 0.608. The maximum Gasteiger partial charge on any atom is 0.220 e. The van der Waals surface area contributed by atoms with Gasteiger partial charge >= 0.3 is 0 Å². The summed E-state index contributed by atoms with van der Waals surface area (Å²) in [5.74, 6) is 0.878. The number of anilines is 1. The van der Waals surface area contributed by atoms with E-state index < -0.39 is 0 Å². The molecule has 0 amide bonds. The van der Waals surface area contributed by atoms with Crippen LogP contribution in [0.25, 0.3) is 11.3 Å². The molecular weight excluding hydrogens is 338 g/mol. The molecule has 0 saturated heterocycles. The molecule has 0 spiro atoms. The van der Waals surface area contributed by atoms with E-state index in [9.17, 15) is 0 Å². The van der Waals surface area contributed by atoms with Gasteiger partial charge in [-0.3, -0.25) is 0 Å². The number of ether oxygens (including phenoxy) is 3. The van der Waals surface area contributed by atoms with Gasteiger partial charge in [0.15, 0.2) is 6.79 Å². The number of nitrogens with two attached hydrogens (primary N) is 1. The van der Waals surface area contributed by atoms with Crippen molar-refractivity contribution in [1.29, 1.82) is 0 Å². The molecule has 0 radical (unpaired) electrons. The van der Waals surface area contributed by atoms with Gasteiger partial charge in [0.1, 0.15) is 5.75 Å².